The molecule has 0 saturated carbocycles. The number of sulfonamides is 1. The normalized spacial score (nSPS) is 13.4. The molecule has 0 fully saturated rings. The highest BCUT2D eigenvalue weighted by molar-refractivity contribution is 9.10. The van der Waals surface area contributed by atoms with E-state index in [1.165, 1.54) is 0 Å². The van der Waals surface area contributed by atoms with Crippen LogP contribution in [0.5, 0.6) is 0 Å². The number of rotatable bonds is 8. The zero-order valence-electron chi connectivity index (χ0n) is 12.9. The van der Waals surface area contributed by atoms with E-state index in [1.54, 1.807) is 17.8 Å². The number of thioether (sulfide) groups is 1. The lowest BCUT2D eigenvalue weighted by molar-refractivity contribution is 0.580. The molecule has 0 spiro atoms. The number of halogens is 1. The molecule has 1 rings (SSSR count). The van der Waals surface area contributed by atoms with Gasteiger partial charge in [-0.2, -0.15) is 11.8 Å². The summed E-state index contributed by atoms with van der Waals surface area (Å²) < 4.78 is 28.5. The maximum absolute atomic E-state index is 12.5. The average Bonchev–Trinajstić information content (AvgIpc) is 2.45. The zero-order chi connectivity index (χ0) is 16.0. The first-order valence-electron chi connectivity index (χ1n) is 6.84. The van der Waals surface area contributed by atoms with E-state index < -0.39 is 10.0 Å². The largest absolute Gasteiger partial charge is 0.313 e. The van der Waals surface area contributed by atoms with Crippen LogP contribution in [0.15, 0.2) is 21.5 Å². The van der Waals surface area contributed by atoms with Gasteiger partial charge in [-0.3, -0.25) is 0 Å². The Labute approximate surface area is 140 Å². The van der Waals surface area contributed by atoms with Gasteiger partial charge in [0.1, 0.15) is 0 Å². The fourth-order valence-electron chi connectivity index (χ4n) is 1.75. The molecular formula is C14H23BrN2O2S2. The summed E-state index contributed by atoms with van der Waals surface area (Å²) in [7, 11) is -3.49. The predicted octanol–water partition coefficient (Wildman–Crippen LogP) is 2.90. The van der Waals surface area contributed by atoms with E-state index in [9.17, 15) is 8.42 Å². The van der Waals surface area contributed by atoms with E-state index in [0.29, 0.717) is 18.0 Å². The second-order valence-electron chi connectivity index (χ2n) is 4.88. The topological polar surface area (TPSA) is 58.2 Å². The van der Waals surface area contributed by atoms with E-state index in [4.69, 9.17) is 0 Å². The summed E-state index contributed by atoms with van der Waals surface area (Å²) in [6.07, 6.45) is 1.97. The third-order valence-corrected chi connectivity index (χ3v) is 6.53. The van der Waals surface area contributed by atoms with Gasteiger partial charge in [-0.05, 0) is 43.0 Å². The molecular weight excluding hydrogens is 372 g/mol. The van der Waals surface area contributed by atoms with Crippen LogP contribution in [-0.4, -0.2) is 33.0 Å². The SMILES string of the molecule is CCNCc1cc(Br)c(C)c(S(=O)(=O)NCC(C)SC)c1. The maximum atomic E-state index is 12.5. The van der Waals surface area contributed by atoms with Crippen molar-refractivity contribution < 1.29 is 8.42 Å². The Balaban J connectivity index is 3.06. The molecule has 0 heterocycles. The summed E-state index contributed by atoms with van der Waals surface area (Å²) in [5.41, 5.74) is 1.69. The average molecular weight is 395 g/mol. The van der Waals surface area contributed by atoms with Crippen molar-refractivity contribution in [3.8, 4) is 0 Å². The minimum atomic E-state index is -3.49. The summed E-state index contributed by atoms with van der Waals surface area (Å²) in [6, 6.07) is 3.70. The molecule has 0 aliphatic heterocycles. The van der Waals surface area contributed by atoms with E-state index >= 15 is 0 Å². The lowest BCUT2D eigenvalue weighted by Gasteiger charge is -2.15. The van der Waals surface area contributed by atoms with Gasteiger partial charge in [0, 0.05) is 22.8 Å². The summed E-state index contributed by atoms with van der Waals surface area (Å²) in [6.45, 7) is 7.76. The molecule has 0 aliphatic rings. The highest BCUT2D eigenvalue weighted by Crippen LogP contribution is 2.26. The van der Waals surface area contributed by atoms with Crippen LogP contribution in [-0.2, 0) is 16.6 Å². The first-order valence-corrected chi connectivity index (χ1v) is 10.4. The molecule has 1 aromatic carbocycles. The third kappa shape index (κ3) is 5.56. The van der Waals surface area contributed by atoms with Gasteiger partial charge in [0.25, 0.3) is 0 Å². The molecule has 2 N–H and O–H groups in total. The lowest BCUT2D eigenvalue weighted by atomic mass is 10.1. The van der Waals surface area contributed by atoms with Crippen LogP contribution in [0.4, 0.5) is 0 Å². The molecule has 1 unspecified atom stereocenters. The van der Waals surface area contributed by atoms with Crippen molar-refractivity contribution in [1.82, 2.24) is 10.0 Å². The Hall–Kier alpha value is -0.0800. The molecule has 7 heteroatoms. The summed E-state index contributed by atoms with van der Waals surface area (Å²) in [5.74, 6) is 0. The van der Waals surface area contributed by atoms with Crippen molar-refractivity contribution in [3.63, 3.8) is 0 Å². The molecule has 1 atom stereocenters. The Morgan fingerprint density at radius 1 is 1.38 bits per heavy atom. The first kappa shape index (κ1) is 19.0. The number of hydrogen-bond acceptors (Lipinski definition) is 4. The van der Waals surface area contributed by atoms with Crippen LogP contribution in [0.3, 0.4) is 0 Å². The molecule has 0 radical (unpaired) electrons. The molecule has 0 saturated heterocycles. The lowest BCUT2D eigenvalue weighted by Crippen LogP contribution is -2.30. The van der Waals surface area contributed by atoms with Crippen LogP contribution in [0.25, 0.3) is 0 Å². The molecule has 4 nitrogen and oxygen atoms in total. The molecule has 1 aromatic rings. The highest BCUT2D eigenvalue weighted by atomic mass is 79.9. The van der Waals surface area contributed by atoms with E-state index in [-0.39, 0.29) is 5.25 Å². The van der Waals surface area contributed by atoms with Crippen LogP contribution >= 0.6 is 27.7 Å². The quantitative estimate of drug-likeness (QED) is 0.711. The van der Waals surface area contributed by atoms with Crippen LogP contribution < -0.4 is 10.0 Å². The van der Waals surface area contributed by atoms with Crippen molar-refractivity contribution in [3.05, 3.63) is 27.7 Å². The van der Waals surface area contributed by atoms with Crippen molar-refractivity contribution in [2.75, 3.05) is 19.3 Å². The van der Waals surface area contributed by atoms with Gasteiger partial charge in [-0.1, -0.05) is 29.8 Å². The van der Waals surface area contributed by atoms with Crippen molar-refractivity contribution >= 4 is 37.7 Å². The smallest absolute Gasteiger partial charge is 0.240 e. The predicted molar refractivity (Wildman–Crippen MR) is 94.4 cm³/mol. The molecule has 0 amide bonds. The van der Waals surface area contributed by atoms with Crippen LogP contribution in [0, 0.1) is 6.92 Å². The monoisotopic (exact) mass is 394 g/mol. The summed E-state index contributed by atoms with van der Waals surface area (Å²) in [4.78, 5) is 0.345. The molecule has 0 aromatic heterocycles. The van der Waals surface area contributed by atoms with Gasteiger partial charge in [-0.15, -0.1) is 0 Å². The molecule has 0 bridgehead atoms. The van der Waals surface area contributed by atoms with Gasteiger partial charge in [0.2, 0.25) is 10.0 Å². The summed E-state index contributed by atoms with van der Waals surface area (Å²) in [5, 5.41) is 3.45. The fraction of sp³-hybridized carbons (Fsp3) is 0.571. The van der Waals surface area contributed by atoms with Gasteiger partial charge in [-0.25, -0.2) is 13.1 Å². The minimum absolute atomic E-state index is 0.244. The van der Waals surface area contributed by atoms with Crippen LogP contribution in [0.1, 0.15) is 25.0 Å². The second-order valence-corrected chi connectivity index (χ2v) is 8.75. The number of hydrogen-bond donors (Lipinski definition) is 2. The van der Waals surface area contributed by atoms with E-state index in [2.05, 4.69) is 26.0 Å². The van der Waals surface area contributed by atoms with Crippen molar-refractivity contribution in [2.45, 2.75) is 37.5 Å². The fourth-order valence-corrected chi connectivity index (χ4v) is 4.18. The van der Waals surface area contributed by atoms with Gasteiger partial charge in [0.05, 0.1) is 4.90 Å². The maximum Gasteiger partial charge on any atom is 0.240 e. The second kappa shape index (κ2) is 8.53. The highest BCUT2D eigenvalue weighted by Gasteiger charge is 2.19. The van der Waals surface area contributed by atoms with Gasteiger partial charge < -0.3 is 5.32 Å². The van der Waals surface area contributed by atoms with Gasteiger partial charge >= 0.3 is 0 Å². The Morgan fingerprint density at radius 3 is 2.62 bits per heavy atom. The minimum Gasteiger partial charge on any atom is -0.313 e. The Bertz CT molecular complexity index is 577. The molecule has 0 aliphatic carbocycles. The van der Waals surface area contributed by atoms with E-state index in [0.717, 1.165) is 22.1 Å². The van der Waals surface area contributed by atoms with Crippen molar-refractivity contribution in [1.29, 1.82) is 0 Å². The molecule has 21 heavy (non-hydrogen) atoms. The Morgan fingerprint density at radius 2 is 2.05 bits per heavy atom. The Kier molecular flexibility index (Phi) is 7.70. The zero-order valence-corrected chi connectivity index (χ0v) is 16.1. The van der Waals surface area contributed by atoms with Gasteiger partial charge in [0.15, 0.2) is 0 Å². The summed E-state index contributed by atoms with van der Waals surface area (Å²) >= 11 is 5.09. The third-order valence-electron chi connectivity index (χ3n) is 3.19. The molecule has 120 valence electrons. The van der Waals surface area contributed by atoms with E-state index in [1.807, 2.05) is 33.1 Å². The van der Waals surface area contributed by atoms with Crippen molar-refractivity contribution in [2.24, 2.45) is 0 Å². The standard InChI is InChI=1S/C14H23BrN2O2S2/c1-5-16-9-12-6-13(15)11(3)14(7-12)21(18,19)17-8-10(2)20-4/h6-7,10,16-17H,5,8-9H2,1-4H3. The number of benzene rings is 1. The number of nitrogens with one attached hydrogen (secondary N) is 2. The first-order chi connectivity index (χ1) is 9.81. The van der Waals surface area contributed by atoms with Crippen LogP contribution in [0.2, 0.25) is 0 Å².